The minimum atomic E-state index is 0.692. The van der Waals surface area contributed by atoms with E-state index in [2.05, 4.69) is 21.1 Å². The van der Waals surface area contributed by atoms with Crippen LogP contribution in [0.5, 0.6) is 11.5 Å². The van der Waals surface area contributed by atoms with Crippen molar-refractivity contribution in [2.75, 3.05) is 13.7 Å². The lowest BCUT2D eigenvalue weighted by atomic mass is 10.0. The minimum Gasteiger partial charge on any atom is -0.496 e. The molecule has 1 aromatic rings. The van der Waals surface area contributed by atoms with Gasteiger partial charge in [-0.05, 0) is 34.8 Å². The molecule has 1 aromatic carbocycles. The number of hydrogen-bond acceptors (Lipinski definition) is 4. The van der Waals surface area contributed by atoms with Crippen molar-refractivity contribution in [2.45, 2.75) is 12.8 Å². The van der Waals surface area contributed by atoms with E-state index in [9.17, 15) is 0 Å². The molecule has 5 heteroatoms. The van der Waals surface area contributed by atoms with Crippen molar-refractivity contribution in [3.05, 3.63) is 21.7 Å². The van der Waals surface area contributed by atoms with Crippen molar-refractivity contribution in [1.29, 1.82) is 0 Å². The molecule has 86 valence electrons. The van der Waals surface area contributed by atoms with Crippen molar-refractivity contribution < 1.29 is 14.7 Å². The average Bonchev–Trinajstić information content (AvgIpc) is 2.33. The molecule has 16 heavy (non-hydrogen) atoms. The molecule has 0 saturated carbocycles. The van der Waals surface area contributed by atoms with E-state index >= 15 is 0 Å². The number of nitrogens with zero attached hydrogens (tertiary/aromatic N) is 1. The van der Waals surface area contributed by atoms with Gasteiger partial charge in [-0.25, -0.2) is 0 Å². The van der Waals surface area contributed by atoms with Crippen LogP contribution in [-0.4, -0.2) is 25.1 Å². The largest absolute Gasteiger partial charge is 0.496 e. The first kappa shape index (κ1) is 11.3. The lowest BCUT2D eigenvalue weighted by Crippen LogP contribution is -2.11. The van der Waals surface area contributed by atoms with E-state index in [1.54, 1.807) is 13.2 Å². The monoisotopic (exact) mass is 285 g/mol. The molecule has 0 bridgehead atoms. The fourth-order valence-electron chi connectivity index (χ4n) is 1.82. The van der Waals surface area contributed by atoms with Gasteiger partial charge < -0.3 is 14.7 Å². The van der Waals surface area contributed by atoms with E-state index in [4.69, 9.17) is 14.7 Å². The number of halogens is 1. The molecule has 4 nitrogen and oxygen atoms in total. The van der Waals surface area contributed by atoms with Gasteiger partial charge in [0.05, 0.1) is 24.4 Å². The zero-order valence-electron chi connectivity index (χ0n) is 8.86. The van der Waals surface area contributed by atoms with E-state index in [1.807, 2.05) is 0 Å². The van der Waals surface area contributed by atoms with Crippen LogP contribution in [0.15, 0.2) is 15.7 Å². The van der Waals surface area contributed by atoms with Gasteiger partial charge in [0.15, 0.2) is 0 Å². The molecule has 2 rings (SSSR count). The molecule has 1 aliphatic heterocycles. The van der Waals surface area contributed by atoms with Crippen molar-refractivity contribution >= 4 is 22.1 Å². The third-order valence-corrected chi connectivity index (χ3v) is 3.41. The summed E-state index contributed by atoms with van der Waals surface area (Å²) in [5, 5.41) is 11.7. The number of benzene rings is 1. The first-order chi connectivity index (χ1) is 7.77. The molecule has 0 aliphatic carbocycles. The Morgan fingerprint density at radius 1 is 1.62 bits per heavy atom. The zero-order chi connectivity index (χ0) is 11.5. The highest BCUT2D eigenvalue weighted by atomic mass is 79.9. The molecular formula is C11H12BrNO3. The number of ether oxygens (including phenoxy) is 2. The van der Waals surface area contributed by atoms with Gasteiger partial charge in [0, 0.05) is 11.1 Å². The summed E-state index contributed by atoms with van der Waals surface area (Å²) in [5.41, 5.74) is 1.80. The second-order valence-corrected chi connectivity index (χ2v) is 4.28. The van der Waals surface area contributed by atoms with Crippen LogP contribution in [0.3, 0.4) is 0 Å². The Morgan fingerprint density at radius 2 is 2.44 bits per heavy atom. The van der Waals surface area contributed by atoms with Crippen LogP contribution >= 0.6 is 15.9 Å². The first-order valence-electron chi connectivity index (χ1n) is 4.97. The fraction of sp³-hybridized carbons (Fsp3) is 0.364. The van der Waals surface area contributed by atoms with Gasteiger partial charge in [-0.2, -0.15) is 0 Å². The third kappa shape index (κ3) is 1.87. The van der Waals surface area contributed by atoms with Crippen molar-refractivity contribution in [1.82, 2.24) is 0 Å². The fourth-order valence-corrected chi connectivity index (χ4v) is 2.47. The predicted molar refractivity (Wildman–Crippen MR) is 63.9 cm³/mol. The maximum atomic E-state index is 8.62. The number of methoxy groups -OCH3 is 1. The third-order valence-electron chi connectivity index (χ3n) is 2.54. The topological polar surface area (TPSA) is 51.0 Å². The Balaban J connectivity index is 2.61. The molecule has 0 radical (unpaired) electrons. The van der Waals surface area contributed by atoms with Gasteiger partial charge in [0.25, 0.3) is 0 Å². The highest BCUT2D eigenvalue weighted by Crippen LogP contribution is 2.40. The Morgan fingerprint density at radius 3 is 3.12 bits per heavy atom. The lowest BCUT2D eigenvalue weighted by molar-refractivity contribution is 0.285. The zero-order valence-corrected chi connectivity index (χ0v) is 10.5. The van der Waals surface area contributed by atoms with E-state index in [0.717, 1.165) is 39.9 Å². The molecular weight excluding hydrogens is 274 g/mol. The van der Waals surface area contributed by atoms with Crippen LogP contribution < -0.4 is 9.47 Å². The van der Waals surface area contributed by atoms with Crippen LogP contribution in [0.25, 0.3) is 0 Å². The number of fused-ring (bicyclic) bond motifs is 1. The lowest BCUT2D eigenvalue weighted by Gasteiger charge is -2.21. The summed E-state index contributed by atoms with van der Waals surface area (Å²) >= 11 is 3.50. The Bertz CT molecular complexity index is 432. The maximum absolute atomic E-state index is 8.62. The van der Waals surface area contributed by atoms with E-state index in [0.29, 0.717) is 6.61 Å². The number of hydrogen-bond donors (Lipinski definition) is 1. The van der Waals surface area contributed by atoms with Crippen LogP contribution in [0, 0.1) is 0 Å². The van der Waals surface area contributed by atoms with Crippen LogP contribution in [0.1, 0.15) is 17.5 Å². The summed E-state index contributed by atoms with van der Waals surface area (Å²) in [4.78, 5) is 0. The summed E-state index contributed by atoms with van der Waals surface area (Å²) in [5.74, 6) is 1.50. The Kier molecular flexibility index (Phi) is 3.33. The molecule has 0 atom stereocenters. The molecule has 0 fully saturated rings. The Hall–Kier alpha value is -1.23. The summed E-state index contributed by atoms with van der Waals surface area (Å²) in [6, 6.07) is 1.79. The highest BCUT2D eigenvalue weighted by molar-refractivity contribution is 9.10. The molecule has 0 amide bonds. The molecule has 0 aromatic heterocycles. The van der Waals surface area contributed by atoms with E-state index in [-0.39, 0.29) is 0 Å². The van der Waals surface area contributed by atoms with Gasteiger partial charge in [-0.1, -0.05) is 5.16 Å². The smallest absolute Gasteiger partial charge is 0.134 e. The number of oxime groups is 1. The predicted octanol–water partition coefficient (Wildman–Crippen LogP) is 2.59. The van der Waals surface area contributed by atoms with E-state index < -0.39 is 0 Å². The van der Waals surface area contributed by atoms with Crippen LogP contribution in [-0.2, 0) is 6.42 Å². The molecule has 0 spiro atoms. The second-order valence-electron chi connectivity index (χ2n) is 3.49. The summed E-state index contributed by atoms with van der Waals surface area (Å²) in [7, 11) is 1.61. The quantitative estimate of drug-likeness (QED) is 0.516. The van der Waals surface area contributed by atoms with E-state index in [1.165, 1.54) is 6.21 Å². The summed E-state index contributed by atoms with van der Waals surface area (Å²) in [6.07, 6.45) is 3.27. The van der Waals surface area contributed by atoms with Crippen LogP contribution in [0.4, 0.5) is 0 Å². The SMILES string of the molecule is COc1cc(/C=N\O)c2c(c1Br)CCCO2. The molecule has 0 unspecified atom stereocenters. The van der Waals surface area contributed by atoms with Crippen molar-refractivity contribution in [3.63, 3.8) is 0 Å². The number of rotatable bonds is 2. The first-order valence-corrected chi connectivity index (χ1v) is 5.76. The molecule has 0 saturated heterocycles. The second kappa shape index (κ2) is 4.74. The van der Waals surface area contributed by atoms with Gasteiger partial charge in [-0.3, -0.25) is 0 Å². The standard InChI is InChI=1S/C11H12BrNO3/c1-15-9-5-7(6-13-14)11-8(10(9)12)3-2-4-16-11/h5-6,14H,2-4H2,1H3/b13-6-. The summed E-state index contributed by atoms with van der Waals surface area (Å²) in [6.45, 7) is 0.692. The maximum Gasteiger partial charge on any atom is 0.134 e. The van der Waals surface area contributed by atoms with Gasteiger partial charge in [0.2, 0.25) is 0 Å². The van der Waals surface area contributed by atoms with Gasteiger partial charge in [0.1, 0.15) is 11.5 Å². The highest BCUT2D eigenvalue weighted by Gasteiger charge is 2.20. The summed E-state index contributed by atoms with van der Waals surface area (Å²) < 4.78 is 11.8. The average molecular weight is 286 g/mol. The molecule has 1 aliphatic rings. The molecule has 1 N–H and O–H groups in total. The Labute approximate surface area is 102 Å². The van der Waals surface area contributed by atoms with Gasteiger partial charge in [-0.15, -0.1) is 0 Å². The van der Waals surface area contributed by atoms with Crippen molar-refractivity contribution in [2.24, 2.45) is 5.16 Å². The van der Waals surface area contributed by atoms with Crippen molar-refractivity contribution in [3.8, 4) is 11.5 Å². The molecule has 1 heterocycles. The minimum absolute atomic E-state index is 0.692. The van der Waals surface area contributed by atoms with Gasteiger partial charge >= 0.3 is 0 Å². The normalized spacial score (nSPS) is 14.6. The van der Waals surface area contributed by atoms with Crippen LogP contribution in [0.2, 0.25) is 0 Å².